The van der Waals surface area contributed by atoms with E-state index in [2.05, 4.69) is 0 Å². The monoisotopic (exact) mass is 280 g/mol. The van der Waals surface area contributed by atoms with Crippen LogP contribution in [0.15, 0.2) is 12.1 Å². The first-order chi connectivity index (χ1) is 5.52. The van der Waals surface area contributed by atoms with Crippen LogP contribution < -0.4 is 0 Å². The summed E-state index contributed by atoms with van der Waals surface area (Å²) in [6.07, 6.45) is 0. The first kappa shape index (κ1) is 9.11. The van der Waals surface area contributed by atoms with Crippen molar-refractivity contribution in [3.63, 3.8) is 0 Å². The maximum absolute atomic E-state index is 10.7. The molecular weight excluding hydrogens is 275 g/mol. The Bertz CT molecular complexity index is 311. The number of hydrogen-bond acceptors (Lipinski definition) is 4. The first-order valence-electron chi connectivity index (χ1n) is 2.97. The van der Waals surface area contributed by atoms with Gasteiger partial charge in [-0.3, -0.25) is 4.79 Å². The minimum atomic E-state index is -0.614. The largest absolute Gasteiger partial charge is 0.504 e. The number of halogens is 1. The molecule has 0 aliphatic carbocycles. The molecule has 0 amide bonds. The lowest BCUT2D eigenvalue weighted by Crippen LogP contribution is -1.86. The molecule has 12 heavy (non-hydrogen) atoms. The molecule has 5 heteroatoms. The van der Waals surface area contributed by atoms with Crippen molar-refractivity contribution in [3.05, 3.63) is 17.7 Å². The summed E-state index contributed by atoms with van der Waals surface area (Å²) < 4.78 is -0.321. The maximum atomic E-state index is 10.7. The number of carbonyl (C=O) groups excluding carboxylic acids is 1. The van der Waals surface area contributed by atoms with Crippen LogP contribution >= 0.6 is 22.6 Å². The zero-order valence-electron chi connectivity index (χ0n) is 5.78. The van der Waals surface area contributed by atoms with E-state index < -0.39 is 17.2 Å². The molecule has 1 aromatic carbocycles. The first-order valence-corrected chi connectivity index (χ1v) is 4.05. The number of hydrogen-bond donors (Lipinski definition) is 3. The quantitative estimate of drug-likeness (QED) is 0.412. The van der Waals surface area contributed by atoms with Gasteiger partial charge in [0.15, 0.2) is 17.2 Å². The molecule has 0 aliphatic heterocycles. The van der Waals surface area contributed by atoms with E-state index in [1.165, 1.54) is 22.6 Å². The Morgan fingerprint density at radius 3 is 1.92 bits per heavy atom. The van der Waals surface area contributed by atoms with Crippen molar-refractivity contribution < 1.29 is 20.1 Å². The fraction of sp³-hybridized carbons (Fsp3) is 0. The van der Waals surface area contributed by atoms with Crippen LogP contribution in [0.2, 0.25) is 0 Å². The van der Waals surface area contributed by atoms with Gasteiger partial charge in [-0.05, 0) is 12.1 Å². The molecule has 0 fully saturated rings. The van der Waals surface area contributed by atoms with Gasteiger partial charge in [-0.25, -0.2) is 0 Å². The Hall–Kier alpha value is -0.980. The van der Waals surface area contributed by atoms with E-state index in [1.807, 2.05) is 0 Å². The van der Waals surface area contributed by atoms with Crippen LogP contribution in [0.4, 0.5) is 0 Å². The van der Waals surface area contributed by atoms with Gasteiger partial charge in [-0.2, -0.15) is 0 Å². The minimum Gasteiger partial charge on any atom is -0.504 e. The summed E-state index contributed by atoms with van der Waals surface area (Å²) in [5.41, 5.74) is 0.142. The van der Waals surface area contributed by atoms with Gasteiger partial charge < -0.3 is 15.3 Å². The second-order valence-corrected chi connectivity index (χ2v) is 3.12. The Balaban J connectivity index is 3.31. The van der Waals surface area contributed by atoms with Crippen LogP contribution in [-0.4, -0.2) is 19.1 Å². The highest BCUT2D eigenvalue weighted by molar-refractivity contribution is 14.1. The molecule has 0 heterocycles. The van der Waals surface area contributed by atoms with Gasteiger partial charge in [0.25, 0.3) is 0 Å². The molecule has 3 N–H and O–H groups in total. The lowest BCUT2D eigenvalue weighted by atomic mass is 10.2. The van der Waals surface area contributed by atoms with Crippen molar-refractivity contribution in [2.75, 3.05) is 0 Å². The average Bonchev–Trinajstić information content (AvgIpc) is 1.99. The molecular formula is C7H5IO4. The molecule has 0 saturated carbocycles. The lowest BCUT2D eigenvalue weighted by molar-refractivity contribution is 0.110. The summed E-state index contributed by atoms with van der Waals surface area (Å²) in [6.45, 7) is 0. The summed E-state index contributed by atoms with van der Waals surface area (Å²) in [5, 5.41) is 26.8. The number of benzene rings is 1. The van der Waals surface area contributed by atoms with Gasteiger partial charge in [0.1, 0.15) is 0 Å². The zero-order chi connectivity index (χ0) is 9.30. The van der Waals surface area contributed by atoms with Crippen molar-refractivity contribution in [2.24, 2.45) is 0 Å². The smallest absolute Gasteiger partial charge is 0.222 e. The second-order valence-electron chi connectivity index (χ2n) is 2.14. The van der Waals surface area contributed by atoms with E-state index in [1.54, 1.807) is 0 Å². The normalized spacial score (nSPS) is 9.75. The zero-order valence-corrected chi connectivity index (χ0v) is 7.94. The van der Waals surface area contributed by atoms with Crippen LogP contribution in [0, 0.1) is 0 Å². The Morgan fingerprint density at radius 2 is 1.58 bits per heavy atom. The Kier molecular flexibility index (Phi) is 2.41. The maximum Gasteiger partial charge on any atom is 0.222 e. The molecule has 0 spiro atoms. The van der Waals surface area contributed by atoms with E-state index in [0.29, 0.717) is 0 Å². The summed E-state index contributed by atoms with van der Waals surface area (Å²) in [6, 6.07) is 2.17. The van der Waals surface area contributed by atoms with Crippen molar-refractivity contribution in [3.8, 4) is 17.2 Å². The van der Waals surface area contributed by atoms with Gasteiger partial charge in [-0.1, -0.05) is 0 Å². The van der Waals surface area contributed by atoms with Crippen molar-refractivity contribution >= 4 is 26.4 Å². The summed E-state index contributed by atoms with van der Waals surface area (Å²) in [4.78, 5) is 10.7. The SMILES string of the molecule is O=C(I)c1cc(O)c(O)c(O)c1. The number of aromatic hydroxyl groups is 3. The van der Waals surface area contributed by atoms with Gasteiger partial charge in [-0.15, -0.1) is 0 Å². The highest BCUT2D eigenvalue weighted by Crippen LogP contribution is 2.35. The fourth-order valence-corrected chi connectivity index (χ4v) is 1.03. The van der Waals surface area contributed by atoms with Gasteiger partial charge in [0, 0.05) is 28.2 Å². The third-order valence-electron chi connectivity index (χ3n) is 1.30. The van der Waals surface area contributed by atoms with E-state index in [4.69, 9.17) is 15.3 Å². The van der Waals surface area contributed by atoms with Gasteiger partial charge in [0.05, 0.1) is 0 Å². The van der Waals surface area contributed by atoms with Crippen LogP contribution in [0.25, 0.3) is 0 Å². The minimum absolute atomic E-state index is 0.142. The van der Waals surface area contributed by atoms with E-state index >= 15 is 0 Å². The molecule has 4 nitrogen and oxygen atoms in total. The molecule has 0 unspecified atom stereocenters. The van der Waals surface area contributed by atoms with E-state index in [9.17, 15) is 4.79 Å². The van der Waals surface area contributed by atoms with Crippen LogP contribution in [0.5, 0.6) is 17.2 Å². The molecule has 1 aromatic rings. The highest BCUT2D eigenvalue weighted by atomic mass is 127. The molecule has 64 valence electrons. The molecule has 0 atom stereocenters. The predicted molar refractivity (Wildman–Crippen MR) is 49.8 cm³/mol. The van der Waals surface area contributed by atoms with E-state index in [-0.39, 0.29) is 9.35 Å². The molecule has 0 saturated heterocycles. The standard InChI is InChI=1S/C7H5IO4/c8-7(12)3-1-4(9)6(11)5(10)2-3/h1-2,9-11H. The molecule has 0 aromatic heterocycles. The number of phenolic OH excluding ortho intramolecular Hbond substituents is 3. The predicted octanol–water partition coefficient (Wildman–Crippen LogP) is 1.38. The molecule has 0 aliphatic rings. The topological polar surface area (TPSA) is 77.8 Å². The van der Waals surface area contributed by atoms with Crippen molar-refractivity contribution in [1.82, 2.24) is 0 Å². The average molecular weight is 280 g/mol. The number of rotatable bonds is 1. The summed E-state index contributed by atoms with van der Waals surface area (Å²) in [7, 11) is 0. The summed E-state index contributed by atoms with van der Waals surface area (Å²) in [5.74, 6) is -1.62. The Labute approximate surface area is 81.6 Å². The van der Waals surface area contributed by atoms with Crippen LogP contribution in [-0.2, 0) is 0 Å². The molecule has 0 bridgehead atoms. The van der Waals surface area contributed by atoms with Crippen LogP contribution in [0.3, 0.4) is 0 Å². The van der Waals surface area contributed by atoms with Gasteiger partial charge in [0.2, 0.25) is 3.79 Å². The van der Waals surface area contributed by atoms with Gasteiger partial charge >= 0.3 is 0 Å². The lowest BCUT2D eigenvalue weighted by Gasteiger charge is -2.01. The number of carbonyl (C=O) groups is 1. The van der Waals surface area contributed by atoms with E-state index in [0.717, 1.165) is 12.1 Å². The second kappa shape index (κ2) is 3.18. The Morgan fingerprint density at radius 1 is 1.17 bits per heavy atom. The van der Waals surface area contributed by atoms with Crippen molar-refractivity contribution in [1.29, 1.82) is 0 Å². The highest BCUT2D eigenvalue weighted by Gasteiger charge is 2.10. The third kappa shape index (κ3) is 1.60. The third-order valence-corrected chi connectivity index (χ3v) is 1.92. The summed E-state index contributed by atoms with van der Waals surface area (Å²) >= 11 is 1.51. The molecule has 0 radical (unpaired) electrons. The fourth-order valence-electron chi connectivity index (χ4n) is 0.718. The number of phenols is 3. The molecule has 1 rings (SSSR count). The van der Waals surface area contributed by atoms with Crippen molar-refractivity contribution in [2.45, 2.75) is 0 Å². The van der Waals surface area contributed by atoms with Crippen LogP contribution in [0.1, 0.15) is 10.4 Å².